The van der Waals surface area contributed by atoms with Crippen molar-refractivity contribution in [2.24, 2.45) is 0 Å². The minimum Gasteiger partial charge on any atom is -0.509 e. The van der Waals surface area contributed by atoms with E-state index in [2.05, 4.69) is 60.6 Å². The topological polar surface area (TPSA) is 148 Å². The second kappa shape index (κ2) is 15.1. The van der Waals surface area contributed by atoms with Crippen molar-refractivity contribution < 1.29 is 38.6 Å². The van der Waals surface area contributed by atoms with Crippen LogP contribution < -0.4 is 10.6 Å². The highest BCUT2D eigenvalue weighted by atomic mass is 127. The lowest BCUT2D eigenvalue weighted by atomic mass is 9.93. The van der Waals surface area contributed by atoms with Crippen molar-refractivity contribution in [3.8, 4) is 0 Å². The summed E-state index contributed by atoms with van der Waals surface area (Å²) in [4.78, 5) is 55.5. The van der Waals surface area contributed by atoms with Gasteiger partial charge in [0.05, 0.1) is 22.2 Å². The van der Waals surface area contributed by atoms with Crippen LogP contribution in [0, 0.1) is 34.8 Å². The number of nitrogens with one attached hydrogen (secondary N) is 2. The molecule has 3 N–H and O–H groups in total. The zero-order chi connectivity index (χ0) is 35.5. The molecule has 0 unspecified atom stereocenters. The van der Waals surface area contributed by atoms with Crippen LogP contribution in [0.3, 0.4) is 0 Å². The van der Waals surface area contributed by atoms with E-state index in [1.165, 1.54) is 20.8 Å². The molecule has 0 atom stereocenters. The lowest BCUT2D eigenvalue weighted by Crippen LogP contribution is -2.39. The molecule has 0 bridgehead atoms. The van der Waals surface area contributed by atoms with E-state index in [1.807, 2.05) is 65.8 Å². The van der Waals surface area contributed by atoms with E-state index in [0.717, 1.165) is 40.5 Å². The van der Waals surface area contributed by atoms with Crippen LogP contribution >= 0.6 is 45.2 Å². The predicted octanol–water partition coefficient (Wildman–Crippen LogP) is 6.27. The number of carbonyl (C=O) groups excluding carboxylic acids is 5. The molecule has 2 amide bonds. The van der Waals surface area contributed by atoms with Crippen molar-refractivity contribution in [2.75, 3.05) is 0 Å². The Morgan fingerprint density at radius 2 is 1.00 bits per heavy atom. The van der Waals surface area contributed by atoms with E-state index in [9.17, 15) is 29.1 Å². The van der Waals surface area contributed by atoms with Crippen molar-refractivity contribution in [2.45, 2.75) is 87.2 Å². The standard InChI is InChI=1S/C16H18INO3.C14H16INO2.C4H6O3/c1-8-6-11(17)7-9(2)12(8)13-14(21-10(3)19)16(4,5)18-15(13)20;1-7-5-9(15)6-8(2)10(7)11-12(17)14(3,4)16-13(11)18;1-3(5)7-4(2)6/h6-7H,1-5H3,(H,18,20);5-6,17H,1-4H3,(H,16,18);1-2H3. The number of rotatable bonds is 3. The van der Waals surface area contributed by atoms with Crippen LogP contribution in [0.15, 0.2) is 35.8 Å². The Hall–Kier alpha value is -3.27. The molecular formula is C34H40I2N2O8. The summed E-state index contributed by atoms with van der Waals surface area (Å²) in [5.41, 5.74) is 5.17. The fraction of sp³-hybridized carbons (Fsp3) is 0.382. The van der Waals surface area contributed by atoms with E-state index in [-0.39, 0.29) is 17.6 Å². The Bertz CT molecular complexity index is 1630. The molecule has 0 aliphatic carbocycles. The highest BCUT2D eigenvalue weighted by Gasteiger charge is 2.42. The van der Waals surface area contributed by atoms with E-state index < -0.39 is 29.0 Å². The first-order valence-corrected chi connectivity index (χ1v) is 16.4. The number of benzene rings is 2. The van der Waals surface area contributed by atoms with Crippen molar-refractivity contribution in [3.63, 3.8) is 0 Å². The Morgan fingerprint density at radius 1 is 0.652 bits per heavy atom. The van der Waals surface area contributed by atoms with Gasteiger partial charge in [-0.1, -0.05) is 0 Å². The van der Waals surface area contributed by atoms with Gasteiger partial charge in [-0.15, -0.1) is 0 Å². The Morgan fingerprint density at radius 3 is 1.30 bits per heavy atom. The van der Waals surface area contributed by atoms with E-state index >= 15 is 0 Å². The number of halogens is 2. The number of ether oxygens (including phenoxy) is 2. The average molecular weight is 859 g/mol. The zero-order valence-electron chi connectivity index (χ0n) is 27.9. The third-order valence-corrected chi connectivity index (χ3v) is 8.20. The van der Waals surface area contributed by atoms with Gasteiger partial charge in [-0.25, -0.2) is 0 Å². The monoisotopic (exact) mass is 858 g/mol. The second-order valence-corrected chi connectivity index (χ2v) is 14.6. The molecule has 0 spiro atoms. The van der Waals surface area contributed by atoms with Crippen LogP contribution in [0.4, 0.5) is 0 Å². The van der Waals surface area contributed by atoms with Crippen molar-refractivity contribution in [1.29, 1.82) is 0 Å². The van der Waals surface area contributed by atoms with Gasteiger partial charge in [0.25, 0.3) is 11.8 Å². The van der Waals surface area contributed by atoms with Gasteiger partial charge in [0.2, 0.25) is 0 Å². The third-order valence-electron chi connectivity index (χ3n) is 6.96. The molecule has 2 aromatic rings. The largest absolute Gasteiger partial charge is 0.509 e. The Labute approximate surface area is 297 Å². The molecule has 0 fully saturated rings. The first kappa shape index (κ1) is 38.9. The average Bonchev–Trinajstić information content (AvgIpc) is 3.18. The minimum absolute atomic E-state index is 0.125. The molecule has 0 aromatic heterocycles. The number of amides is 2. The second-order valence-electron chi connectivity index (χ2n) is 12.1. The third kappa shape index (κ3) is 9.39. The van der Waals surface area contributed by atoms with Crippen molar-refractivity contribution >= 4 is 86.1 Å². The number of hydrogen-bond donors (Lipinski definition) is 3. The molecule has 46 heavy (non-hydrogen) atoms. The Kier molecular flexibility index (Phi) is 12.8. The maximum atomic E-state index is 12.4. The lowest BCUT2D eigenvalue weighted by Gasteiger charge is -2.21. The Balaban J connectivity index is 0.000000268. The number of esters is 3. The highest BCUT2D eigenvalue weighted by Crippen LogP contribution is 2.38. The van der Waals surface area contributed by atoms with Gasteiger partial charge < -0.3 is 25.2 Å². The molecule has 2 heterocycles. The molecule has 2 aliphatic rings. The van der Waals surface area contributed by atoms with Crippen LogP contribution in [0.1, 0.15) is 81.8 Å². The van der Waals surface area contributed by atoms with Crippen LogP contribution in [0.25, 0.3) is 11.1 Å². The molecule has 0 saturated carbocycles. The number of aliphatic hydroxyl groups excluding tert-OH is 1. The van der Waals surface area contributed by atoms with Gasteiger partial charge in [-0.3, -0.25) is 24.0 Å². The van der Waals surface area contributed by atoms with Gasteiger partial charge >= 0.3 is 17.9 Å². The number of aliphatic hydroxyl groups is 1. The molecule has 0 radical (unpaired) electrons. The molecular weight excluding hydrogens is 818 g/mol. The molecule has 10 nitrogen and oxygen atoms in total. The summed E-state index contributed by atoms with van der Waals surface area (Å²) < 4.78 is 11.6. The normalized spacial score (nSPS) is 16.0. The lowest BCUT2D eigenvalue weighted by molar-refractivity contribution is -0.156. The summed E-state index contributed by atoms with van der Waals surface area (Å²) in [5.74, 6) is -1.44. The van der Waals surface area contributed by atoms with Gasteiger partial charge in [0, 0.05) is 27.9 Å². The van der Waals surface area contributed by atoms with E-state index in [1.54, 1.807) is 13.8 Å². The van der Waals surface area contributed by atoms with E-state index in [0.29, 0.717) is 16.9 Å². The zero-order valence-corrected chi connectivity index (χ0v) is 32.2. The van der Waals surface area contributed by atoms with Gasteiger partial charge in [0.15, 0.2) is 0 Å². The van der Waals surface area contributed by atoms with Gasteiger partial charge in [-0.05, 0) is 158 Å². The molecule has 4 rings (SSSR count). The smallest absolute Gasteiger partial charge is 0.310 e. The summed E-state index contributed by atoms with van der Waals surface area (Å²) in [6.07, 6.45) is 0. The first-order valence-electron chi connectivity index (χ1n) is 14.2. The van der Waals surface area contributed by atoms with Gasteiger partial charge in [-0.2, -0.15) is 0 Å². The molecule has 248 valence electrons. The van der Waals surface area contributed by atoms with Crippen LogP contribution in [-0.4, -0.2) is 45.9 Å². The van der Waals surface area contributed by atoms with Crippen LogP contribution in [0.2, 0.25) is 0 Å². The number of aryl methyl sites for hydroxylation is 4. The predicted molar refractivity (Wildman–Crippen MR) is 192 cm³/mol. The quantitative estimate of drug-likeness (QED) is 0.186. The minimum atomic E-state index is -0.694. The number of carbonyl (C=O) groups is 5. The molecule has 2 aromatic carbocycles. The summed E-state index contributed by atoms with van der Waals surface area (Å²) in [6, 6.07) is 8.06. The summed E-state index contributed by atoms with van der Waals surface area (Å²) >= 11 is 4.50. The number of hydrogen-bond acceptors (Lipinski definition) is 8. The maximum absolute atomic E-state index is 12.4. The summed E-state index contributed by atoms with van der Waals surface area (Å²) in [6.45, 7) is 18.8. The molecule has 0 saturated heterocycles. The summed E-state index contributed by atoms with van der Waals surface area (Å²) in [7, 11) is 0. The van der Waals surface area contributed by atoms with Crippen LogP contribution in [0.5, 0.6) is 0 Å². The van der Waals surface area contributed by atoms with Crippen molar-refractivity contribution in [1.82, 2.24) is 10.6 Å². The molecule has 12 heteroatoms. The summed E-state index contributed by atoms with van der Waals surface area (Å²) in [5, 5.41) is 15.9. The SMILES string of the molecule is CC(=O)OC(C)=O.CC(=O)OC1=C(c2c(C)cc(I)cc2C)C(=O)NC1(C)C.Cc1cc(I)cc(C)c1C1=C(O)C(C)(C)NC1=O. The van der Waals surface area contributed by atoms with Crippen LogP contribution in [-0.2, 0) is 33.4 Å². The fourth-order valence-electron chi connectivity index (χ4n) is 5.24. The van der Waals surface area contributed by atoms with Gasteiger partial charge in [0.1, 0.15) is 11.5 Å². The first-order chi connectivity index (χ1) is 21.0. The van der Waals surface area contributed by atoms with E-state index in [4.69, 9.17) is 4.74 Å². The van der Waals surface area contributed by atoms with Crippen molar-refractivity contribution in [3.05, 3.63) is 76.3 Å². The fourth-order valence-corrected chi connectivity index (χ4v) is 7.11. The maximum Gasteiger partial charge on any atom is 0.310 e. The molecule has 2 aliphatic heterocycles. The highest BCUT2D eigenvalue weighted by molar-refractivity contribution is 14.1.